The Morgan fingerprint density at radius 2 is 1.50 bits per heavy atom. The van der Waals surface area contributed by atoms with E-state index >= 15 is 0 Å². The van der Waals surface area contributed by atoms with Crippen LogP contribution in [0.2, 0.25) is 0 Å². The van der Waals surface area contributed by atoms with Crippen molar-refractivity contribution in [1.29, 1.82) is 0 Å². The van der Waals surface area contributed by atoms with E-state index in [-0.39, 0.29) is 19.8 Å². The molecule has 0 heterocycles. The van der Waals surface area contributed by atoms with Crippen LogP contribution in [-0.2, 0) is 0 Å². The Morgan fingerprint density at radius 3 is 1.75 bits per heavy atom. The van der Waals surface area contributed by atoms with E-state index in [4.69, 9.17) is 0 Å². The maximum absolute atomic E-state index is 2.36. The average molecular weight is 171 g/mol. The topological polar surface area (TPSA) is 0 Å². The van der Waals surface area contributed by atoms with Crippen molar-refractivity contribution in [2.75, 3.05) is 0 Å². The summed E-state index contributed by atoms with van der Waals surface area (Å²) in [7, 11) is 0. The minimum atomic E-state index is 0. The average Bonchev–Trinajstić information content (AvgIpc) is 1.69. The van der Waals surface area contributed by atoms with Gasteiger partial charge in [0.15, 0.2) is 0 Å². The predicted octanol–water partition coefficient (Wildman–Crippen LogP) is 1.40. The predicted molar refractivity (Wildman–Crippen MR) is 42.2 cm³/mol. The summed E-state index contributed by atoms with van der Waals surface area (Å²) < 4.78 is 0. The fourth-order valence-electron chi connectivity index (χ4n) is 1.31. The molecule has 0 radical (unpaired) electrons. The molecule has 1 rings (SSSR count). The van der Waals surface area contributed by atoms with Gasteiger partial charge in [-0.25, -0.2) is 0 Å². The van der Waals surface area contributed by atoms with Gasteiger partial charge in [-0.1, -0.05) is 39.0 Å². The first-order valence-electron chi connectivity index (χ1n) is 3.39. The number of hydrogen-bond donors (Lipinski definition) is 0. The van der Waals surface area contributed by atoms with Crippen molar-refractivity contribution in [3.8, 4) is 0 Å². The van der Waals surface area contributed by atoms with Crippen molar-refractivity contribution in [3.63, 3.8) is 0 Å². The fraction of sp³-hybridized carbons (Fsp3) is 1.00. The SMILES string of the molecule is CC1CCCCC1.[GaH3]. The van der Waals surface area contributed by atoms with Crippen LogP contribution in [0.4, 0.5) is 0 Å². The van der Waals surface area contributed by atoms with Crippen LogP contribution in [0.15, 0.2) is 0 Å². The van der Waals surface area contributed by atoms with Gasteiger partial charge in [0.25, 0.3) is 0 Å². The fourth-order valence-corrected chi connectivity index (χ4v) is 1.31. The normalized spacial score (nSPS) is 22.1. The van der Waals surface area contributed by atoms with E-state index in [9.17, 15) is 0 Å². The molecule has 0 N–H and O–H groups in total. The molecule has 0 atom stereocenters. The molecule has 0 aromatic rings. The summed E-state index contributed by atoms with van der Waals surface area (Å²) in [6, 6.07) is 0. The van der Waals surface area contributed by atoms with Gasteiger partial charge in [-0.3, -0.25) is 0 Å². The summed E-state index contributed by atoms with van der Waals surface area (Å²) in [5, 5.41) is 0. The Hall–Kier alpha value is 0.636. The van der Waals surface area contributed by atoms with Gasteiger partial charge in [-0.05, 0) is 5.92 Å². The molecular weight excluding hydrogens is 154 g/mol. The van der Waals surface area contributed by atoms with Gasteiger partial charge in [0.1, 0.15) is 0 Å². The molecule has 1 saturated carbocycles. The third-order valence-electron chi connectivity index (χ3n) is 1.89. The van der Waals surface area contributed by atoms with E-state index in [1.54, 1.807) is 0 Å². The Balaban J connectivity index is 0.000000490. The Bertz CT molecular complexity index is 46.3. The first-order chi connectivity index (χ1) is 3.39. The quantitative estimate of drug-likeness (QED) is 0.483. The van der Waals surface area contributed by atoms with Gasteiger partial charge >= 0.3 is 19.8 Å². The molecule has 0 bridgehead atoms. The Kier molecular flexibility index (Phi) is 4.87. The zero-order valence-electron chi connectivity index (χ0n) is 5.11. The zero-order chi connectivity index (χ0) is 5.11. The number of hydrogen-bond acceptors (Lipinski definition) is 0. The molecule has 1 aliphatic carbocycles. The summed E-state index contributed by atoms with van der Waals surface area (Å²) in [6.07, 6.45) is 7.44. The number of rotatable bonds is 0. The second-order valence-electron chi connectivity index (χ2n) is 2.74. The molecule has 0 aliphatic heterocycles. The van der Waals surface area contributed by atoms with Gasteiger partial charge in [0.05, 0.1) is 0 Å². The Labute approximate surface area is 65.1 Å². The Morgan fingerprint density at radius 1 is 1.00 bits per heavy atom. The molecule has 8 heavy (non-hydrogen) atoms. The van der Waals surface area contributed by atoms with E-state index < -0.39 is 0 Å². The molecule has 0 spiro atoms. The molecule has 48 valence electrons. The van der Waals surface area contributed by atoms with Crippen LogP contribution >= 0.6 is 0 Å². The van der Waals surface area contributed by atoms with Crippen molar-refractivity contribution in [2.24, 2.45) is 5.92 Å². The summed E-state index contributed by atoms with van der Waals surface area (Å²) in [5.41, 5.74) is 0. The van der Waals surface area contributed by atoms with Gasteiger partial charge in [0.2, 0.25) is 0 Å². The first-order valence-corrected chi connectivity index (χ1v) is 3.39. The van der Waals surface area contributed by atoms with Crippen LogP contribution in [0, 0.1) is 5.92 Å². The standard InChI is InChI=1S/C7H14.Ga.3H/c1-7-5-3-2-4-6-7;;;;/h7H,2-6H2,1H3;;;;. The third kappa shape index (κ3) is 2.83. The molecule has 1 fully saturated rings. The van der Waals surface area contributed by atoms with Crippen molar-refractivity contribution in [2.45, 2.75) is 39.0 Å². The van der Waals surface area contributed by atoms with Gasteiger partial charge in [0, 0.05) is 0 Å². The van der Waals surface area contributed by atoms with Crippen molar-refractivity contribution in [3.05, 3.63) is 0 Å². The van der Waals surface area contributed by atoms with Gasteiger partial charge in [-0.15, -0.1) is 0 Å². The van der Waals surface area contributed by atoms with Gasteiger partial charge < -0.3 is 0 Å². The van der Waals surface area contributed by atoms with Crippen LogP contribution in [0.1, 0.15) is 39.0 Å². The molecule has 0 amide bonds. The van der Waals surface area contributed by atoms with E-state index in [0.29, 0.717) is 0 Å². The van der Waals surface area contributed by atoms with Crippen LogP contribution in [0.5, 0.6) is 0 Å². The van der Waals surface area contributed by atoms with Crippen LogP contribution in [0.25, 0.3) is 0 Å². The zero-order valence-corrected chi connectivity index (χ0v) is 5.11. The van der Waals surface area contributed by atoms with Crippen molar-refractivity contribution in [1.82, 2.24) is 0 Å². The van der Waals surface area contributed by atoms with E-state index in [0.717, 1.165) is 5.92 Å². The summed E-state index contributed by atoms with van der Waals surface area (Å²) >= 11 is 0. The van der Waals surface area contributed by atoms with E-state index in [1.807, 2.05) is 0 Å². The minimum absolute atomic E-state index is 0. The molecule has 0 aromatic carbocycles. The van der Waals surface area contributed by atoms with Crippen molar-refractivity contribution < 1.29 is 0 Å². The second kappa shape index (κ2) is 4.51. The molecule has 0 aromatic heterocycles. The first kappa shape index (κ1) is 8.64. The molecule has 0 unspecified atom stereocenters. The summed E-state index contributed by atoms with van der Waals surface area (Å²) in [4.78, 5) is 0. The molecular formula is C7H17Ga. The molecule has 0 saturated heterocycles. The second-order valence-corrected chi connectivity index (χ2v) is 2.74. The molecule has 1 heteroatoms. The molecule has 0 nitrogen and oxygen atoms in total. The van der Waals surface area contributed by atoms with Gasteiger partial charge in [-0.2, -0.15) is 0 Å². The van der Waals surface area contributed by atoms with Crippen LogP contribution < -0.4 is 0 Å². The van der Waals surface area contributed by atoms with E-state index in [2.05, 4.69) is 6.92 Å². The van der Waals surface area contributed by atoms with Crippen LogP contribution in [0.3, 0.4) is 0 Å². The van der Waals surface area contributed by atoms with E-state index in [1.165, 1.54) is 32.1 Å². The summed E-state index contributed by atoms with van der Waals surface area (Å²) in [5.74, 6) is 1.04. The third-order valence-corrected chi connectivity index (χ3v) is 1.89. The molecule has 1 aliphatic rings. The maximum atomic E-state index is 2.36. The van der Waals surface area contributed by atoms with Crippen LogP contribution in [-0.4, -0.2) is 19.8 Å². The summed E-state index contributed by atoms with van der Waals surface area (Å²) in [6.45, 7) is 2.36. The van der Waals surface area contributed by atoms with Crippen molar-refractivity contribution >= 4 is 19.8 Å². The monoisotopic (exact) mass is 170 g/mol.